The van der Waals surface area contributed by atoms with Crippen molar-refractivity contribution in [3.05, 3.63) is 35.7 Å². The molecule has 10 heteroatoms. The Kier molecular flexibility index (Phi) is 5.39. The minimum absolute atomic E-state index is 0.0384. The topological polar surface area (TPSA) is 79.5 Å². The summed E-state index contributed by atoms with van der Waals surface area (Å²) in [6.45, 7) is 4.60. The van der Waals surface area contributed by atoms with E-state index in [0.29, 0.717) is 19.6 Å². The quantitative estimate of drug-likeness (QED) is 0.796. The van der Waals surface area contributed by atoms with Crippen LogP contribution in [0, 0.1) is 0 Å². The summed E-state index contributed by atoms with van der Waals surface area (Å²) in [6.07, 6.45) is -4.61. The molecule has 28 heavy (non-hydrogen) atoms. The third-order valence-corrected chi connectivity index (χ3v) is 4.60. The van der Waals surface area contributed by atoms with E-state index in [4.69, 9.17) is 4.52 Å². The molecule has 1 unspecified atom stereocenters. The fourth-order valence-corrected chi connectivity index (χ4v) is 3.17. The Bertz CT molecular complexity index is 881. The van der Waals surface area contributed by atoms with Crippen LogP contribution >= 0.6 is 0 Å². The van der Waals surface area contributed by atoms with Crippen molar-refractivity contribution >= 4 is 11.8 Å². The summed E-state index contributed by atoms with van der Waals surface area (Å²) < 4.78 is 43.5. The molecule has 1 fully saturated rings. The molecule has 1 atom stereocenters. The highest BCUT2D eigenvalue weighted by atomic mass is 19.4. The van der Waals surface area contributed by atoms with Crippen LogP contribution in [0.3, 0.4) is 0 Å². The first-order chi connectivity index (χ1) is 13.1. The minimum Gasteiger partial charge on any atom is -0.338 e. The van der Waals surface area contributed by atoms with Crippen LogP contribution in [0.4, 0.5) is 13.2 Å². The Morgan fingerprint density at radius 1 is 1.29 bits per heavy atom. The van der Waals surface area contributed by atoms with E-state index in [-0.39, 0.29) is 41.6 Å². The van der Waals surface area contributed by atoms with Crippen LogP contribution in [0.25, 0.3) is 11.5 Å². The lowest BCUT2D eigenvalue weighted by Crippen LogP contribution is -2.55. The fraction of sp³-hybridized carbons (Fsp3) is 0.444. The summed E-state index contributed by atoms with van der Waals surface area (Å²) in [4.78, 5) is 31.4. The average Bonchev–Trinajstić information content (AvgIpc) is 3.09. The third-order valence-electron chi connectivity index (χ3n) is 4.60. The van der Waals surface area contributed by atoms with Crippen LogP contribution in [0.15, 0.2) is 28.8 Å². The molecular formula is C18H19F3N4O3. The van der Waals surface area contributed by atoms with E-state index in [1.807, 2.05) is 6.92 Å². The molecule has 0 N–H and O–H groups in total. The molecule has 1 aromatic heterocycles. The van der Waals surface area contributed by atoms with Crippen molar-refractivity contribution < 1.29 is 27.3 Å². The molecule has 2 aromatic rings. The lowest BCUT2D eigenvalue weighted by atomic mass is 10.1. The number of benzene rings is 1. The normalized spacial score (nSPS) is 17.7. The van der Waals surface area contributed by atoms with Crippen LogP contribution in [0.5, 0.6) is 0 Å². The zero-order valence-corrected chi connectivity index (χ0v) is 15.4. The van der Waals surface area contributed by atoms with E-state index in [2.05, 4.69) is 10.1 Å². The first kappa shape index (κ1) is 19.8. The number of carbonyl (C=O) groups is 2. The Morgan fingerprint density at radius 3 is 2.68 bits per heavy atom. The molecule has 1 aliphatic rings. The smallest absolute Gasteiger partial charge is 0.338 e. The van der Waals surface area contributed by atoms with Gasteiger partial charge in [-0.25, -0.2) is 0 Å². The van der Waals surface area contributed by atoms with Gasteiger partial charge in [0.05, 0.1) is 12.0 Å². The first-order valence-electron chi connectivity index (χ1n) is 8.70. The summed E-state index contributed by atoms with van der Waals surface area (Å²) in [5.41, 5.74) is -0.692. The van der Waals surface area contributed by atoms with E-state index in [0.717, 1.165) is 12.1 Å². The van der Waals surface area contributed by atoms with Gasteiger partial charge in [-0.3, -0.25) is 9.59 Å². The van der Waals surface area contributed by atoms with Crippen molar-refractivity contribution in [3.63, 3.8) is 0 Å². The summed E-state index contributed by atoms with van der Waals surface area (Å²) >= 11 is 0. The van der Waals surface area contributed by atoms with Gasteiger partial charge in [-0.15, -0.1) is 0 Å². The second-order valence-electron chi connectivity index (χ2n) is 6.67. The Hall–Kier alpha value is -2.91. The van der Waals surface area contributed by atoms with Gasteiger partial charge in [-0.2, -0.15) is 18.2 Å². The lowest BCUT2D eigenvalue weighted by Gasteiger charge is -2.39. The minimum atomic E-state index is -4.48. The summed E-state index contributed by atoms with van der Waals surface area (Å²) in [5, 5.41) is 3.70. The number of hydrogen-bond donors (Lipinski definition) is 0. The maximum atomic E-state index is 12.8. The molecule has 0 spiro atoms. The highest BCUT2D eigenvalue weighted by molar-refractivity contribution is 5.79. The molecule has 3 rings (SSSR count). The number of amides is 2. The second-order valence-corrected chi connectivity index (χ2v) is 6.67. The van der Waals surface area contributed by atoms with E-state index < -0.39 is 11.7 Å². The van der Waals surface area contributed by atoms with Crippen molar-refractivity contribution in [2.24, 2.45) is 0 Å². The first-order valence-corrected chi connectivity index (χ1v) is 8.70. The highest BCUT2D eigenvalue weighted by Crippen LogP contribution is 2.31. The standard InChI is InChI=1S/C18H19F3N4O3/c1-11-10-24(6-7-25(11)12(2)26)16(27)9-15-22-17(28-23-15)13-4-3-5-14(8-13)18(19,20)21/h3-5,8,11H,6-7,9-10H2,1-2H3. The molecule has 1 saturated heterocycles. The van der Waals surface area contributed by atoms with Gasteiger partial charge in [0.25, 0.3) is 5.89 Å². The SMILES string of the molecule is CC(=O)N1CCN(C(=O)Cc2noc(-c3cccc(C(F)(F)F)c3)n2)CC1C. The molecular weight excluding hydrogens is 377 g/mol. The van der Waals surface area contributed by atoms with Gasteiger partial charge in [0, 0.05) is 38.2 Å². The maximum absolute atomic E-state index is 12.8. The van der Waals surface area contributed by atoms with Crippen LogP contribution in [-0.2, 0) is 22.2 Å². The Balaban J connectivity index is 1.67. The van der Waals surface area contributed by atoms with Crippen LogP contribution in [0.2, 0.25) is 0 Å². The summed E-state index contributed by atoms with van der Waals surface area (Å²) in [5.74, 6) is -0.252. The molecule has 150 valence electrons. The zero-order valence-electron chi connectivity index (χ0n) is 15.4. The number of piperazine rings is 1. The van der Waals surface area contributed by atoms with Gasteiger partial charge < -0.3 is 14.3 Å². The largest absolute Gasteiger partial charge is 0.416 e. The van der Waals surface area contributed by atoms with Crippen molar-refractivity contribution in [2.75, 3.05) is 19.6 Å². The molecule has 0 radical (unpaired) electrons. The van der Waals surface area contributed by atoms with Crippen molar-refractivity contribution in [1.29, 1.82) is 0 Å². The molecule has 2 amide bonds. The van der Waals surface area contributed by atoms with Crippen LogP contribution in [-0.4, -0.2) is 57.4 Å². The predicted octanol–water partition coefficient (Wildman–Crippen LogP) is 2.38. The third kappa shape index (κ3) is 4.32. The van der Waals surface area contributed by atoms with Crippen LogP contribution in [0.1, 0.15) is 25.2 Å². The van der Waals surface area contributed by atoms with Gasteiger partial charge >= 0.3 is 6.18 Å². The Morgan fingerprint density at radius 2 is 2.04 bits per heavy atom. The van der Waals surface area contributed by atoms with Crippen molar-refractivity contribution in [3.8, 4) is 11.5 Å². The average molecular weight is 396 g/mol. The van der Waals surface area contributed by atoms with Crippen LogP contribution < -0.4 is 0 Å². The number of rotatable bonds is 3. The fourth-order valence-electron chi connectivity index (χ4n) is 3.17. The molecule has 0 aliphatic carbocycles. The zero-order chi connectivity index (χ0) is 20.5. The molecule has 1 aromatic carbocycles. The van der Waals surface area contributed by atoms with Crippen molar-refractivity contribution in [2.45, 2.75) is 32.5 Å². The number of aromatic nitrogens is 2. The number of alkyl halides is 3. The maximum Gasteiger partial charge on any atom is 0.416 e. The summed E-state index contributed by atoms with van der Waals surface area (Å²) in [6, 6.07) is 4.45. The van der Waals surface area contributed by atoms with Gasteiger partial charge in [-0.1, -0.05) is 11.2 Å². The van der Waals surface area contributed by atoms with E-state index in [1.54, 1.807) is 9.80 Å². The van der Waals surface area contributed by atoms with E-state index in [1.165, 1.54) is 19.1 Å². The number of halogens is 3. The predicted molar refractivity (Wildman–Crippen MR) is 91.9 cm³/mol. The molecule has 1 aliphatic heterocycles. The summed E-state index contributed by atoms with van der Waals surface area (Å²) in [7, 11) is 0. The molecule has 0 bridgehead atoms. The van der Waals surface area contributed by atoms with Gasteiger partial charge in [0.1, 0.15) is 0 Å². The number of hydrogen-bond acceptors (Lipinski definition) is 5. The number of carbonyl (C=O) groups excluding carboxylic acids is 2. The lowest BCUT2D eigenvalue weighted by molar-refractivity contribution is -0.140. The van der Waals surface area contributed by atoms with Gasteiger partial charge in [0.15, 0.2) is 5.82 Å². The monoisotopic (exact) mass is 396 g/mol. The molecule has 0 saturated carbocycles. The van der Waals surface area contributed by atoms with Gasteiger partial charge in [0.2, 0.25) is 11.8 Å². The highest BCUT2D eigenvalue weighted by Gasteiger charge is 2.31. The van der Waals surface area contributed by atoms with Gasteiger partial charge in [-0.05, 0) is 25.1 Å². The van der Waals surface area contributed by atoms with E-state index in [9.17, 15) is 22.8 Å². The van der Waals surface area contributed by atoms with E-state index >= 15 is 0 Å². The molecule has 2 heterocycles. The molecule has 7 nitrogen and oxygen atoms in total. The van der Waals surface area contributed by atoms with Crippen molar-refractivity contribution in [1.82, 2.24) is 19.9 Å². The Labute approximate surface area is 159 Å². The number of nitrogens with zero attached hydrogens (tertiary/aromatic N) is 4. The second kappa shape index (κ2) is 7.61.